The van der Waals surface area contributed by atoms with Gasteiger partial charge in [0.15, 0.2) is 0 Å². The molecule has 3 heteroatoms. The molecule has 2 saturated heterocycles. The molecule has 2 aliphatic rings. The number of fused-ring (bicyclic) bond motifs is 2. The van der Waals surface area contributed by atoms with E-state index in [1.54, 1.807) is 0 Å². The van der Waals surface area contributed by atoms with Crippen molar-refractivity contribution in [2.45, 2.75) is 44.8 Å². The first kappa shape index (κ1) is 11.4. The standard InChI is InChI=1S/C12H24N2O/c1-10(15)3-2-6-13-12-5-8-14-7-4-11(12)9-14/h10-13,15H,2-9H2,1H3. The molecule has 88 valence electrons. The highest BCUT2D eigenvalue weighted by molar-refractivity contribution is 4.90. The van der Waals surface area contributed by atoms with Crippen molar-refractivity contribution in [1.82, 2.24) is 10.2 Å². The number of nitrogens with zero attached hydrogens (tertiary/aromatic N) is 1. The van der Waals surface area contributed by atoms with Crippen LogP contribution in [0.2, 0.25) is 0 Å². The Hall–Kier alpha value is -0.120. The summed E-state index contributed by atoms with van der Waals surface area (Å²) in [6.45, 7) is 6.86. The molecular weight excluding hydrogens is 188 g/mol. The molecule has 2 bridgehead atoms. The van der Waals surface area contributed by atoms with Gasteiger partial charge in [-0.15, -0.1) is 0 Å². The Labute approximate surface area is 92.8 Å². The monoisotopic (exact) mass is 212 g/mol. The second kappa shape index (κ2) is 5.28. The van der Waals surface area contributed by atoms with E-state index in [0.717, 1.165) is 31.3 Å². The summed E-state index contributed by atoms with van der Waals surface area (Å²) in [7, 11) is 0. The van der Waals surface area contributed by atoms with Crippen LogP contribution in [0.5, 0.6) is 0 Å². The Balaban J connectivity index is 1.62. The number of hydrogen-bond acceptors (Lipinski definition) is 3. The Morgan fingerprint density at radius 3 is 3.00 bits per heavy atom. The van der Waals surface area contributed by atoms with Crippen LogP contribution in [0, 0.1) is 5.92 Å². The van der Waals surface area contributed by atoms with E-state index in [1.165, 1.54) is 32.5 Å². The Morgan fingerprint density at radius 2 is 2.20 bits per heavy atom. The van der Waals surface area contributed by atoms with E-state index in [9.17, 15) is 0 Å². The van der Waals surface area contributed by atoms with E-state index in [1.807, 2.05) is 6.92 Å². The maximum atomic E-state index is 9.16. The maximum absolute atomic E-state index is 9.16. The topological polar surface area (TPSA) is 35.5 Å². The van der Waals surface area contributed by atoms with Crippen LogP contribution in [0.3, 0.4) is 0 Å². The smallest absolute Gasteiger partial charge is 0.0512 e. The minimum absolute atomic E-state index is 0.139. The van der Waals surface area contributed by atoms with E-state index in [4.69, 9.17) is 5.11 Å². The van der Waals surface area contributed by atoms with Gasteiger partial charge < -0.3 is 15.3 Å². The van der Waals surface area contributed by atoms with Gasteiger partial charge >= 0.3 is 0 Å². The Bertz CT molecular complexity index is 196. The number of rotatable bonds is 5. The Kier molecular flexibility index (Phi) is 4.00. The van der Waals surface area contributed by atoms with E-state index >= 15 is 0 Å². The van der Waals surface area contributed by atoms with Crippen molar-refractivity contribution >= 4 is 0 Å². The summed E-state index contributed by atoms with van der Waals surface area (Å²) < 4.78 is 0. The molecule has 2 aliphatic heterocycles. The van der Waals surface area contributed by atoms with Gasteiger partial charge in [0.25, 0.3) is 0 Å². The van der Waals surface area contributed by atoms with Gasteiger partial charge in [0.05, 0.1) is 6.10 Å². The number of aliphatic hydroxyl groups is 1. The van der Waals surface area contributed by atoms with Gasteiger partial charge in [0.1, 0.15) is 0 Å². The lowest BCUT2D eigenvalue weighted by Crippen LogP contribution is -2.44. The van der Waals surface area contributed by atoms with Gasteiger partial charge in [-0.25, -0.2) is 0 Å². The third kappa shape index (κ3) is 3.16. The second-order valence-electron chi connectivity index (χ2n) is 5.19. The zero-order valence-electron chi connectivity index (χ0n) is 9.78. The van der Waals surface area contributed by atoms with Crippen LogP contribution >= 0.6 is 0 Å². The zero-order valence-corrected chi connectivity index (χ0v) is 9.78. The van der Waals surface area contributed by atoms with Crippen LogP contribution in [0.1, 0.15) is 32.6 Å². The molecule has 2 rings (SSSR count). The molecule has 2 fully saturated rings. The lowest BCUT2D eigenvalue weighted by molar-refractivity contribution is 0.177. The van der Waals surface area contributed by atoms with Crippen molar-refractivity contribution in [2.24, 2.45) is 5.92 Å². The number of nitrogens with one attached hydrogen (secondary N) is 1. The molecule has 3 nitrogen and oxygen atoms in total. The third-order valence-electron chi connectivity index (χ3n) is 3.84. The van der Waals surface area contributed by atoms with E-state index in [-0.39, 0.29) is 6.10 Å². The third-order valence-corrected chi connectivity index (χ3v) is 3.84. The van der Waals surface area contributed by atoms with Crippen molar-refractivity contribution in [3.8, 4) is 0 Å². The summed E-state index contributed by atoms with van der Waals surface area (Å²) in [6, 6.07) is 0.748. The quantitative estimate of drug-likeness (QED) is 0.663. The molecular formula is C12H24N2O. The average molecular weight is 212 g/mol. The highest BCUT2D eigenvalue weighted by Crippen LogP contribution is 2.26. The average Bonchev–Trinajstić information content (AvgIpc) is 2.58. The molecule has 0 aromatic carbocycles. The normalized spacial score (nSPS) is 36.8. The predicted octanol–water partition coefficient (Wildman–Crippen LogP) is 0.831. The van der Waals surface area contributed by atoms with Gasteiger partial charge in [-0.3, -0.25) is 0 Å². The minimum atomic E-state index is -0.139. The van der Waals surface area contributed by atoms with Crippen molar-refractivity contribution in [2.75, 3.05) is 26.2 Å². The van der Waals surface area contributed by atoms with Crippen LogP contribution in [0.15, 0.2) is 0 Å². The van der Waals surface area contributed by atoms with Crippen LogP contribution in [-0.4, -0.2) is 48.3 Å². The highest BCUT2D eigenvalue weighted by Gasteiger charge is 2.33. The summed E-state index contributed by atoms with van der Waals surface area (Å²) in [5, 5.41) is 12.8. The number of hydrogen-bond donors (Lipinski definition) is 2. The van der Waals surface area contributed by atoms with Crippen LogP contribution < -0.4 is 5.32 Å². The van der Waals surface area contributed by atoms with Crippen LogP contribution in [0.4, 0.5) is 0 Å². The molecule has 0 aliphatic carbocycles. The first-order valence-electron chi connectivity index (χ1n) is 6.39. The molecule has 0 amide bonds. The molecule has 0 saturated carbocycles. The minimum Gasteiger partial charge on any atom is -0.393 e. The first-order valence-corrected chi connectivity index (χ1v) is 6.39. The van der Waals surface area contributed by atoms with Gasteiger partial charge in [-0.2, -0.15) is 0 Å². The lowest BCUT2D eigenvalue weighted by atomic mass is 9.94. The second-order valence-corrected chi connectivity index (χ2v) is 5.19. The fourth-order valence-corrected chi connectivity index (χ4v) is 2.91. The summed E-state index contributed by atoms with van der Waals surface area (Å²) in [6.07, 6.45) is 4.59. The molecule has 0 aromatic heterocycles. The van der Waals surface area contributed by atoms with Crippen molar-refractivity contribution in [3.63, 3.8) is 0 Å². The first-order chi connectivity index (χ1) is 7.25. The Morgan fingerprint density at radius 1 is 1.40 bits per heavy atom. The lowest BCUT2D eigenvalue weighted by Gasteiger charge is -2.31. The maximum Gasteiger partial charge on any atom is 0.0512 e. The SMILES string of the molecule is CC(O)CCCNC1CCN2CCC1C2. The summed E-state index contributed by atoms with van der Waals surface area (Å²) in [4.78, 5) is 2.58. The molecule has 4 unspecified atom stereocenters. The molecule has 2 heterocycles. The molecule has 4 atom stereocenters. The molecule has 0 aromatic rings. The van der Waals surface area contributed by atoms with Gasteiger partial charge in [0, 0.05) is 12.6 Å². The van der Waals surface area contributed by atoms with Crippen LogP contribution in [-0.2, 0) is 0 Å². The predicted molar refractivity (Wildman–Crippen MR) is 61.9 cm³/mol. The fraction of sp³-hybridized carbons (Fsp3) is 1.00. The van der Waals surface area contributed by atoms with E-state index < -0.39 is 0 Å². The molecule has 2 N–H and O–H groups in total. The van der Waals surface area contributed by atoms with Crippen molar-refractivity contribution in [1.29, 1.82) is 0 Å². The molecule has 0 spiro atoms. The van der Waals surface area contributed by atoms with Crippen molar-refractivity contribution in [3.05, 3.63) is 0 Å². The number of piperidine rings is 1. The number of aliphatic hydroxyl groups excluding tert-OH is 1. The zero-order chi connectivity index (χ0) is 10.7. The van der Waals surface area contributed by atoms with Crippen LogP contribution in [0.25, 0.3) is 0 Å². The van der Waals surface area contributed by atoms with Gasteiger partial charge in [-0.1, -0.05) is 0 Å². The summed E-state index contributed by atoms with van der Waals surface area (Å²) in [5.41, 5.74) is 0. The molecule has 0 radical (unpaired) electrons. The summed E-state index contributed by atoms with van der Waals surface area (Å²) >= 11 is 0. The summed E-state index contributed by atoms with van der Waals surface area (Å²) in [5.74, 6) is 0.894. The van der Waals surface area contributed by atoms with E-state index in [2.05, 4.69) is 10.2 Å². The fourth-order valence-electron chi connectivity index (χ4n) is 2.91. The van der Waals surface area contributed by atoms with Crippen molar-refractivity contribution < 1.29 is 5.11 Å². The van der Waals surface area contributed by atoms with Gasteiger partial charge in [0.2, 0.25) is 0 Å². The van der Waals surface area contributed by atoms with Gasteiger partial charge in [-0.05, 0) is 58.2 Å². The molecule has 15 heavy (non-hydrogen) atoms. The van der Waals surface area contributed by atoms with E-state index in [0.29, 0.717) is 0 Å². The highest BCUT2D eigenvalue weighted by atomic mass is 16.3. The largest absolute Gasteiger partial charge is 0.393 e.